The van der Waals surface area contributed by atoms with Crippen molar-refractivity contribution in [2.45, 2.75) is 44.8 Å². The van der Waals surface area contributed by atoms with Gasteiger partial charge < -0.3 is 24.8 Å². The first-order chi connectivity index (χ1) is 19.1. The lowest BCUT2D eigenvalue weighted by Gasteiger charge is -2.23. The number of nitrogens with zero attached hydrogens (tertiary/aromatic N) is 3. The Morgan fingerprint density at radius 3 is 2.88 bits per heavy atom. The average Bonchev–Trinajstić information content (AvgIpc) is 3.49. The van der Waals surface area contributed by atoms with Gasteiger partial charge in [0.2, 0.25) is 5.95 Å². The largest absolute Gasteiger partial charge is 0.462 e. The Bertz CT molecular complexity index is 1630. The number of anilines is 1. The quantitative estimate of drug-likeness (QED) is 0.160. The molecule has 15 heteroatoms. The SMILES string of the molecule is CC(C)OC(=O)CNP(=O)(OCC1O[C@@H](n2cnc3c(=O)[nH]c(N)nc32)C[C@H]1O)Oc1cccc2ccccc12. The molecule has 2 aromatic carbocycles. The smallest absolute Gasteiger partial charge is 0.459 e. The molecule has 1 aliphatic rings. The number of nitrogens with one attached hydrogen (secondary N) is 2. The number of aromatic nitrogens is 4. The number of carbonyl (C=O) groups is 1. The summed E-state index contributed by atoms with van der Waals surface area (Å²) in [7, 11) is -4.19. The number of hydrogen-bond acceptors (Lipinski definition) is 11. The molecule has 1 saturated heterocycles. The van der Waals surface area contributed by atoms with Gasteiger partial charge in [-0.2, -0.15) is 4.98 Å². The molecule has 4 aromatic rings. The molecule has 5 rings (SSSR count). The van der Waals surface area contributed by atoms with Gasteiger partial charge in [0.1, 0.15) is 24.6 Å². The van der Waals surface area contributed by atoms with Crippen molar-refractivity contribution in [3.63, 3.8) is 0 Å². The number of aliphatic hydroxyl groups is 1. The second-order valence-corrected chi connectivity index (χ2v) is 11.2. The van der Waals surface area contributed by atoms with Crippen LogP contribution in [-0.4, -0.2) is 62.1 Å². The number of H-pyrrole nitrogens is 1. The molecule has 4 atom stereocenters. The highest BCUT2D eigenvalue weighted by molar-refractivity contribution is 7.52. The number of nitrogens with two attached hydrogens (primary N) is 1. The molecule has 0 aliphatic carbocycles. The Labute approximate surface area is 228 Å². The van der Waals surface area contributed by atoms with Gasteiger partial charge in [0.15, 0.2) is 11.2 Å². The van der Waals surface area contributed by atoms with Crippen LogP contribution < -0.4 is 20.9 Å². The van der Waals surface area contributed by atoms with Gasteiger partial charge in [-0.05, 0) is 25.3 Å². The van der Waals surface area contributed by atoms with Gasteiger partial charge in [0, 0.05) is 11.8 Å². The molecule has 212 valence electrons. The Balaban J connectivity index is 1.34. The molecule has 1 fully saturated rings. The minimum Gasteiger partial charge on any atom is -0.462 e. The number of nitrogen functional groups attached to an aromatic ring is 1. The normalized spacial score (nSPS) is 20.6. The van der Waals surface area contributed by atoms with Crippen LogP contribution in [-0.2, 0) is 23.4 Å². The van der Waals surface area contributed by atoms with Crippen molar-refractivity contribution in [3.05, 3.63) is 59.1 Å². The Kier molecular flexibility index (Phi) is 7.88. The molecule has 0 bridgehead atoms. The van der Waals surface area contributed by atoms with Crippen LogP contribution in [0.15, 0.2) is 53.6 Å². The topological polar surface area (TPSA) is 193 Å². The maximum atomic E-state index is 13.9. The van der Waals surface area contributed by atoms with Crippen molar-refractivity contribution in [3.8, 4) is 5.75 Å². The van der Waals surface area contributed by atoms with Crippen LogP contribution in [0.2, 0.25) is 0 Å². The Morgan fingerprint density at radius 1 is 1.30 bits per heavy atom. The van der Waals surface area contributed by atoms with E-state index in [-0.39, 0.29) is 42.0 Å². The summed E-state index contributed by atoms with van der Waals surface area (Å²) in [6.07, 6.45) is -1.61. The summed E-state index contributed by atoms with van der Waals surface area (Å²) >= 11 is 0. The molecule has 5 N–H and O–H groups in total. The summed E-state index contributed by atoms with van der Waals surface area (Å²) in [6, 6.07) is 12.6. The van der Waals surface area contributed by atoms with Crippen molar-refractivity contribution < 1.29 is 33.0 Å². The van der Waals surface area contributed by atoms with Crippen molar-refractivity contribution in [2.24, 2.45) is 0 Å². The van der Waals surface area contributed by atoms with Crippen molar-refractivity contribution >= 4 is 41.6 Å². The van der Waals surface area contributed by atoms with E-state index >= 15 is 0 Å². The van der Waals surface area contributed by atoms with Gasteiger partial charge in [-0.1, -0.05) is 36.4 Å². The zero-order chi connectivity index (χ0) is 28.4. The Morgan fingerprint density at radius 2 is 2.08 bits per heavy atom. The first-order valence-corrected chi connectivity index (χ1v) is 14.1. The predicted octanol–water partition coefficient (Wildman–Crippen LogP) is 2.25. The molecule has 0 radical (unpaired) electrons. The van der Waals surface area contributed by atoms with E-state index in [1.807, 2.05) is 24.3 Å². The molecule has 14 nitrogen and oxygen atoms in total. The molecule has 0 spiro atoms. The molecular weight excluding hydrogens is 543 g/mol. The van der Waals surface area contributed by atoms with Crippen LogP contribution in [0.4, 0.5) is 5.95 Å². The van der Waals surface area contributed by atoms with Crippen LogP contribution in [0.5, 0.6) is 5.75 Å². The second-order valence-electron chi connectivity index (χ2n) is 9.44. The van der Waals surface area contributed by atoms with Crippen molar-refractivity contribution in [1.82, 2.24) is 24.6 Å². The summed E-state index contributed by atoms with van der Waals surface area (Å²) in [5.74, 6) is -0.465. The van der Waals surface area contributed by atoms with Crippen molar-refractivity contribution in [1.29, 1.82) is 0 Å². The van der Waals surface area contributed by atoms with Crippen molar-refractivity contribution in [2.75, 3.05) is 18.9 Å². The van der Waals surface area contributed by atoms with E-state index in [1.54, 1.807) is 32.0 Å². The zero-order valence-electron chi connectivity index (χ0n) is 21.7. The fraction of sp³-hybridized carbons (Fsp3) is 0.360. The summed E-state index contributed by atoms with van der Waals surface area (Å²) in [6.45, 7) is 2.59. The second kappa shape index (κ2) is 11.4. The van der Waals surface area contributed by atoms with E-state index in [1.165, 1.54) is 10.9 Å². The predicted molar refractivity (Wildman–Crippen MR) is 144 cm³/mol. The number of aromatic amines is 1. The van der Waals surface area contributed by atoms with E-state index < -0.39 is 44.3 Å². The molecular formula is C25H29N6O8P. The summed E-state index contributed by atoms with van der Waals surface area (Å²) in [4.78, 5) is 34.9. The lowest BCUT2D eigenvalue weighted by atomic mass is 10.1. The zero-order valence-corrected chi connectivity index (χ0v) is 22.6. The third-order valence-electron chi connectivity index (χ3n) is 6.13. The number of carbonyl (C=O) groups excluding carboxylic acids is 1. The maximum Gasteiger partial charge on any atom is 0.459 e. The summed E-state index contributed by atoms with van der Waals surface area (Å²) in [5, 5.41) is 14.8. The molecule has 40 heavy (non-hydrogen) atoms. The number of aliphatic hydroxyl groups excluding tert-OH is 1. The van der Waals surface area contributed by atoms with Gasteiger partial charge in [-0.25, -0.2) is 14.6 Å². The van der Waals surface area contributed by atoms with Crippen LogP contribution in [0.25, 0.3) is 21.9 Å². The monoisotopic (exact) mass is 572 g/mol. The number of benzene rings is 2. The van der Waals surface area contributed by atoms with Gasteiger partial charge in [-0.3, -0.25) is 23.7 Å². The molecule has 3 heterocycles. The number of ether oxygens (including phenoxy) is 2. The number of hydrogen-bond donors (Lipinski definition) is 4. The molecule has 2 unspecified atom stereocenters. The highest BCUT2D eigenvalue weighted by Crippen LogP contribution is 2.47. The minimum absolute atomic E-state index is 0.0671. The lowest BCUT2D eigenvalue weighted by molar-refractivity contribution is -0.146. The summed E-state index contributed by atoms with van der Waals surface area (Å²) < 4.78 is 38.0. The Hall–Kier alpha value is -3.81. The third-order valence-corrected chi connectivity index (χ3v) is 7.60. The standard InChI is InChI=1S/C25H29N6O8P/c1-14(2)37-21(33)11-28-40(35,39-18-9-5-7-15-6-3-4-8-16(15)18)36-12-19-17(32)10-20(38-19)31-13-27-22-23(31)29-25(26)30-24(22)34/h3-9,13-14,17,19-20,32H,10-12H2,1-2H3,(H,28,35)(H3,26,29,30,34)/t17-,19?,20-,40?/m1/s1. The number of esters is 1. The fourth-order valence-corrected chi connectivity index (χ4v) is 5.63. The van der Waals surface area contributed by atoms with Crippen LogP contribution in [0.3, 0.4) is 0 Å². The van der Waals surface area contributed by atoms with Crippen LogP contribution in [0.1, 0.15) is 26.5 Å². The van der Waals surface area contributed by atoms with Gasteiger partial charge in [0.05, 0.1) is 25.1 Å². The first kappa shape index (κ1) is 27.7. The maximum absolute atomic E-state index is 13.9. The molecule has 0 saturated carbocycles. The number of fused-ring (bicyclic) bond motifs is 2. The molecule has 2 aromatic heterocycles. The minimum atomic E-state index is -4.19. The number of rotatable bonds is 10. The van der Waals surface area contributed by atoms with E-state index in [9.17, 15) is 19.3 Å². The highest BCUT2D eigenvalue weighted by atomic mass is 31.2. The van der Waals surface area contributed by atoms with Gasteiger partial charge in [-0.15, -0.1) is 0 Å². The lowest BCUT2D eigenvalue weighted by Crippen LogP contribution is -2.31. The van der Waals surface area contributed by atoms with Gasteiger partial charge >= 0.3 is 13.7 Å². The average molecular weight is 573 g/mol. The van der Waals surface area contributed by atoms with Crippen LogP contribution in [0, 0.1) is 0 Å². The molecule has 1 aliphatic heterocycles. The van der Waals surface area contributed by atoms with Gasteiger partial charge in [0.25, 0.3) is 5.56 Å². The first-order valence-electron chi connectivity index (χ1n) is 12.5. The van der Waals surface area contributed by atoms with E-state index in [2.05, 4.69) is 20.0 Å². The fourth-order valence-electron chi connectivity index (χ4n) is 4.34. The van der Waals surface area contributed by atoms with E-state index in [0.717, 1.165) is 5.39 Å². The highest BCUT2D eigenvalue weighted by Gasteiger charge is 2.39. The molecule has 0 amide bonds. The van der Waals surface area contributed by atoms with E-state index in [4.69, 9.17) is 24.3 Å². The third kappa shape index (κ3) is 6.01. The van der Waals surface area contributed by atoms with E-state index in [0.29, 0.717) is 5.39 Å². The van der Waals surface area contributed by atoms with Crippen LogP contribution >= 0.6 is 7.75 Å². The number of imidazole rings is 1. The summed E-state index contributed by atoms with van der Waals surface area (Å²) in [5.41, 5.74) is 5.42.